The normalized spacial score (nSPS) is 20.3. The van der Waals surface area contributed by atoms with Gasteiger partial charge in [-0.2, -0.15) is 0 Å². The molecule has 0 aliphatic carbocycles. The Morgan fingerprint density at radius 3 is 2.68 bits per heavy atom. The minimum absolute atomic E-state index is 0.0820. The number of hydrogen-bond donors (Lipinski definition) is 0. The third-order valence-corrected chi connectivity index (χ3v) is 5.23. The lowest BCUT2D eigenvalue weighted by Crippen LogP contribution is -2.45. The predicted octanol–water partition coefficient (Wildman–Crippen LogP) is 4.19. The number of hydrogen-bond acceptors (Lipinski definition) is 4. The first-order valence-corrected chi connectivity index (χ1v) is 9.21. The van der Waals surface area contributed by atoms with Crippen LogP contribution in [0.5, 0.6) is 0 Å². The van der Waals surface area contributed by atoms with E-state index in [2.05, 4.69) is 44.7 Å². The van der Waals surface area contributed by atoms with E-state index >= 15 is 0 Å². The molecule has 1 saturated heterocycles. The van der Waals surface area contributed by atoms with E-state index in [0.717, 1.165) is 54.6 Å². The molecule has 0 radical (unpaired) electrons. The number of aryl methyl sites for hydroxylation is 2. The third-order valence-electron chi connectivity index (χ3n) is 5.23. The zero-order valence-electron chi connectivity index (χ0n) is 16.0. The van der Waals surface area contributed by atoms with Crippen LogP contribution >= 0.6 is 0 Å². The Balaban J connectivity index is 1.97. The lowest BCUT2D eigenvalue weighted by atomic mass is 9.92. The SMILES string of the molecule is CCN(Cc1cc(=O)oc2c(C)cc(C)cc12)[C@H]1CCOC(C)(C)C1. The Morgan fingerprint density at radius 1 is 1.24 bits per heavy atom. The summed E-state index contributed by atoms with van der Waals surface area (Å²) in [7, 11) is 0. The van der Waals surface area contributed by atoms with Gasteiger partial charge in [0.15, 0.2) is 0 Å². The van der Waals surface area contributed by atoms with Gasteiger partial charge >= 0.3 is 5.63 Å². The van der Waals surface area contributed by atoms with Crippen molar-refractivity contribution in [1.82, 2.24) is 4.90 Å². The molecule has 25 heavy (non-hydrogen) atoms. The molecule has 136 valence electrons. The number of fused-ring (bicyclic) bond motifs is 1. The van der Waals surface area contributed by atoms with E-state index in [0.29, 0.717) is 6.04 Å². The highest BCUT2D eigenvalue weighted by atomic mass is 16.5. The van der Waals surface area contributed by atoms with Gasteiger partial charge in [0, 0.05) is 30.6 Å². The van der Waals surface area contributed by atoms with Crippen molar-refractivity contribution in [3.8, 4) is 0 Å². The van der Waals surface area contributed by atoms with Crippen LogP contribution < -0.4 is 5.63 Å². The van der Waals surface area contributed by atoms with E-state index in [9.17, 15) is 4.79 Å². The Labute approximate surface area is 149 Å². The van der Waals surface area contributed by atoms with Crippen LogP contribution in [-0.4, -0.2) is 29.7 Å². The molecule has 0 spiro atoms. The Morgan fingerprint density at radius 2 is 2.00 bits per heavy atom. The highest BCUT2D eigenvalue weighted by molar-refractivity contribution is 5.83. The average molecular weight is 343 g/mol. The number of benzene rings is 1. The van der Waals surface area contributed by atoms with Gasteiger partial charge in [-0.05, 0) is 69.8 Å². The summed E-state index contributed by atoms with van der Waals surface area (Å²) in [4.78, 5) is 14.6. The highest BCUT2D eigenvalue weighted by Crippen LogP contribution is 2.30. The fourth-order valence-electron chi connectivity index (χ4n) is 4.04. The van der Waals surface area contributed by atoms with Gasteiger partial charge in [-0.15, -0.1) is 0 Å². The topological polar surface area (TPSA) is 42.7 Å². The van der Waals surface area contributed by atoms with Crippen molar-refractivity contribution >= 4 is 11.0 Å². The van der Waals surface area contributed by atoms with E-state index in [-0.39, 0.29) is 11.2 Å². The smallest absolute Gasteiger partial charge is 0.336 e. The lowest BCUT2D eigenvalue weighted by Gasteiger charge is -2.41. The van der Waals surface area contributed by atoms with Gasteiger partial charge in [-0.1, -0.05) is 13.0 Å². The van der Waals surface area contributed by atoms with Gasteiger partial charge in [-0.25, -0.2) is 4.79 Å². The summed E-state index contributed by atoms with van der Waals surface area (Å²) < 4.78 is 11.4. The maximum atomic E-state index is 12.1. The van der Waals surface area contributed by atoms with Crippen molar-refractivity contribution in [2.45, 2.75) is 65.6 Å². The number of nitrogens with zero attached hydrogens (tertiary/aromatic N) is 1. The van der Waals surface area contributed by atoms with Gasteiger partial charge < -0.3 is 9.15 Å². The van der Waals surface area contributed by atoms with Crippen molar-refractivity contribution in [3.63, 3.8) is 0 Å². The second-order valence-electron chi connectivity index (χ2n) is 7.87. The molecule has 4 heteroatoms. The van der Waals surface area contributed by atoms with E-state index in [1.807, 2.05) is 6.92 Å². The van der Waals surface area contributed by atoms with E-state index in [1.54, 1.807) is 6.07 Å². The first-order chi connectivity index (χ1) is 11.8. The monoisotopic (exact) mass is 343 g/mol. The lowest BCUT2D eigenvalue weighted by molar-refractivity contribution is -0.0838. The molecule has 3 rings (SSSR count). The molecular weight excluding hydrogens is 314 g/mol. The zero-order chi connectivity index (χ0) is 18.2. The first-order valence-electron chi connectivity index (χ1n) is 9.21. The van der Waals surface area contributed by atoms with Crippen LogP contribution in [0.1, 0.15) is 50.3 Å². The largest absolute Gasteiger partial charge is 0.422 e. The predicted molar refractivity (Wildman–Crippen MR) is 101 cm³/mol. The molecule has 1 atom stereocenters. The molecule has 1 aromatic heterocycles. The van der Waals surface area contributed by atoms with Crippen LogP contribution in [0.3, 0.4) is 0 Å². The minimum atomic E-state index is -0.266. The van der Waals surface area contributed by atoms with Crippen LogP contribution in [0.2, 0.25) is 0 Å². The summed E-state index contributed by atoms with van der Waals surface area (Å²) in [6.07, 6.45) is 2.05. The maximum absolute atomic E-state index is 12.1. The number of rotatable bonds is 4. The van der Waals surface area contributed by atoms with Crippen molar-refractivity contribution in [2.75, 3.05) is 13.2 Å². The van der Waals surface area contributed by atoms with Gasteiger partial charge in [-0.3, -0.25) is 4.90 Å². The second kappa shape index (κ2) is 6.93. The highest BCUT2D eigenvalue weighted by Gasteiger charge is 2.32. The molecule has 4 nitrogen and oxygen atoms in total. The molecule has 0 bridgehead atoms. The summed E-state index contributed by atoms with van der Waals surface area (Å²) in [6, 6.07) is 6.33. The summed E-state index contributed by atoms with van der Waals surface area (Å²) in [5.41, 5.74) is 3.64. The molecular formula is C21H29NO3. The molecule has 0 amide bonds. The van der Waals surface area contributed by atoms with Gasteiger partial charge in [0.05, 0.1) is 5.60 Å². The fourth-order valence-corrected chi connectivity index (χ4v) is 4.04. The van der Waals surface area contributed by atoms with E-state index < -0.39 is 0 Å². The minimum Gasteiger partial charge on any atom is -0.422 e. The molecule has 2 heterocycles. The molecule has 0 unspecified atom stereocenters. The van der Waals surface area contributed by atoms with Crippen LogP contribution in [-0.2, 0) is 11.3 Å². The van der Waals surface area contributed by atoms with Crippen molar-refractivity contribution in [3.05, 3.63) is 45.3 Å². The van der Waals surface area contributed by atoms with Crippen LogP contribution in [0.4, 0.5) is 0 Å². The Bertz CT molecular complexity index is 822. The molecule has 1 aliphatic rings. The Hall–Kier alpha value is -1.65. The van der Waals surface area contributed by atoms with Gasteiger partial charge in [0.1, 0.15) is 5.58 Å². The zero-order valence-corrected chi connectivity index (χ0v) is 16.0. The number of ether oxygens (including phenoxy) is 1. The summed E-state index contributed by atoms with van der Waals surface area (Å²) in [5.74, 6) is 0. The van der Waals surface area contributed by atoms with Gasteiger partial charge in [0.25, 0.3) is 0 Å². The van der Waals surface area contributed by atoms with Crippen molar-refractivity contribution in [1.29, 1.82) is 0 Å². The fraction of sp³-hybridized carbons (Fsp3) is 0.571. The summed E-state index contributed by atoms with van der Waals surface area (Å²) in [6.45, 7) is 13.1. The van der Waals surface area contributed by atoms with E-state index in [1.165, 1.54) is 5.56 Å². The average Bonchev–Trinajstić information content (AvgIpc) is 2.52. The molecule has 1 aromatic carbocycles. The molecule has 0 saturated carbocycles. The summed E-state index contributed by atoms with van der Waals surface area (Å²) in [5, 5.41) is 1.06. The molecule has 2 aromatic rings. The Kier molecular flexibility index (Phi) is 5.03. The van der Waals surface area contributed by atoms with E-state index in [4.69, 9.17) is 9.15 Å². The van der Waals surface area contributed by atoms with Crippen molar-refractivity contribution < 1.29 is 9.15 Å². The van der Waals surface area contributed by atoms with Crippen LogP contribution in [0.25, 0.3) is 11.0 Å². The van der Waals surface area contributed by atoms with Gasteiger partial charge in [0.2, 0.25) is 0 Å². The molecule has 1 fully saturated rings. The standard InChI is InChI=1S/C21H29NO3/c1-6-22(17-7-8-24-21(4,5)12-17)13-16-11-19(23)25-20-15(3)9-14(2)10-18(16)20/h9-11,17H,6-8,12-13H2,1-5H3/t17-/m0/s1. The van der Waals surface area contributed by atoms with Crippen LogP contribution in [0, 0.1) is 13.8 Å². The third kappa shape index (κ3) is 3.96. The first kappa shape index (κ1) is 18.2. The molecule has 0 N–H and O–H groups in total. The summed E-state index contributed by atoms with van der Waals surface area (Å²) >= 11 is 0. The second-order valence-corrected chi connectivity index (χ2v) is 7.87. The van der Waals surface area contributed by atoms with Crippen molar-refractivity contribution in [2.24, 2.45) is 0 Å². The maximum Gasteiger partial charge on any atom is 0.336 e. The van der Waals surface area contributed by atoms with Crippen LogP contribution in [0.15, 0.2) is 27.4 Å². The quantitative estimate of drug-likeness (QED) is 0.781. The molecule has 1 aliphatic heterocycles.